The lowest BCUT2D eigenvalue weighted by Gasteiger charge is -2.08. The van der Waals surface area contributed by atoms with Gasteiger partial charge in [0.1, 0.15) is 5.82 Å². The smallest absolute Gasteiger partial charge is 0.225 e. The van der Waals surface area contributed by atoms with Crippen LogP contribution in [-0.4, -0.2) is 49.2 Å². The van der Waals surface area contributed by atoms with Gasteiger partial charge in [-0.1, -0.05) is 5.16 Å². The van der Waals surface area contributed by atoms with Crippen LogP contribution in [0.4, 0.5) is 15.9 Å². The highest BCUT2D eigenvalue weighted by Gasteiger charge is 2.18. The van der Waals surface area contributed by atoms with E-state index in [1.807, 2.05) is 0 Å². The van der Waals surface area contributed by atoms with E-state index in [-0.39, 0.29) is 35.0 Å². The Morgan fingerprint density at radius 3 is 2.88 bits per heavy atom. The molecule has 142 valence electrons. The number of nitrogens with zero attached hydrogens (tertiary/aromatic N) is 3. The van der Waals surface area contributed by atoms with Crippen LogP contribution in [0.1, 0.15) is 5.69 Å². The summed E-state index contributed by atoms with van der Waals surface area (Å²) in [5.74, 6) is -0.629. The molecule has 11 nitrogen and oxygen atoms in total. The first-order valence-electron chi connectivity index (χ1n) is 6.89. The van der Waals surface area contributed by atoms with Crippen LogP contribution in [0.2, 0.25) is 0 Å². The molecular formula is C12H14BrFN6O5S. The average Bonchev–Trinajstić information content (AvgIpc) is 3.03. The lowest BCUT2D eigenvalue weighted by Crippen LogP contribution is -2.27. The van der Waals surface area contributed by atoms with Gasteiger partial charge in [-0.25, -0.2) is 27.6 Å². The van der Waals surface area contributed by atoms with E-state index < -0.39 is 15.8 Å². The first-order chi connectivity index (χ1) is 12.3. The van der Waals surface area contributed by atoms with Gasteiger partial charge in [-0.3, -0.25) is 4.84 Å². The minimum atomic E-state index is -3.32. The summed E-state index contributed by atoms with van der Waals surface area (Å²) in [5, 5.41) is 22.1. The van der Waals surface area contributed by atoms with E-state index in [4.69, 9.17) is 4.84 Å². The molecule has 0 radical (unpaired) electrons. The monoisotopic (exact) mass is 452 g/mol. The summed E-state index contributed by atoms with van der Waals surface area (Å²) in [5.41, 5.74) is 2.77. The molecule has 0 aliphatic rings. The number of nitrogens with one attached hydrogen (secondary N) is 3. The molecule has 2 rings (SSSR count). The second kappa shape index (κ2) is 8.88. The van der Waals surface area contributed by atoms with E-state index in [2.05, 4.69) is 51.5 Å². The number of hydrogen-bond acceptors (Lipinski definition) is 9. The molecule has 14 heteroatoms. The van der Waals surface area contributed by atoms with E-state index in [9.17, 15) is 18.0 Å². The summed E-state index contributed by atoms with van der Waals surface area (Å²) >= 11 is 3.04. The van der Waals surface area contributed by atoms with Crippen molar-refractivity contribution >= 4 is 43.3 Å². The molecule has 0 bridgehead atoms. The second-order valence-electron chi connectivity index (χ2n) is 4.78. The SMILES string of the molecule is CS(=O)(=O)NCCONc1nonc1/C(=N/O)Nc1ccc(F)c(Br)c1. The number of oxime groups is 1. The van der Waals surface area contributed by atoms with Crippen molar-refractivity contribution in [2.24, 2.45) is 5.16 Å². The normalized spacial score (nSPS) is 12.2. The summed E-state index contributed by atoms with van der Waals surface area (Å²) in [6, 6.07) is 4.05. The van der Waals surface area contributed by atoms with Gasteiger partial charge < -0.3 is 10.5 Å². The zero-order valence-corrected chi connectivity index (χ0v) is 15.6. The molecule has 0 atom stereocenters. The summed E-state index contributed by atoms with van der Waals surface area (Å²) in [7, 11) is -3.32. The van der Waals surface area contributed by atoms with E-state index in [1.54, 1.807) is 0 Å². The molecule has 0 aliphatic heterocycles. The van der Waals surface area contributed by atoms with Gasteiger partial charge in [-0.2, -0.15) is 0 Å². The van der Waals surface area contributed by atoms with Crippen molar-refractivity contribution < 1.29 is 27.5 Å². The van der Waals surface area contributed by atoms with Gasteiger partial charge in [0.25, 0.3) is 0 Å². The van der Waals surface area contributed by atoms with Gasteiger partial charge >= 0.3 is 0 Å². The van der Waals surface area contributed by atoms with Gasteiger partial charge in [0.05, 0.1) is 17.3 Å². The number of sulfonamides is 1. The lowest BCUT2D eigenvalue weighted by atomic mass is 10.3. The maximum atomic E-state index is 13.3. The van der Waals surface area contributed by atoms with Crippen molar-refractivity contribution in [2.75, 3.05) is 30.2 Å². The predicted molar refractivity (Wildman–Crippen MR) is 92.8 cm³/mol. The largest absolute Gasteiger partial charge is 0.409 e. The summed E-state index contributed by atoms with van der Waals surface area (Å²) in [6.07, 6.45) is 1.02. The van der Waals surface area contributed by atoms with Crippen LogP contribution in [0.5, 0.6) is 0 Å². The number of benzene rings is 1. The third-order valence-corrected chi connectivity index (χ3v) is 4.07. The van der Waals surface area contributed by atoms with Gasteiger partial charge in [0, 0.05) is 12.2 Å². The van der Waals surface area contributed by atoms with Crippen LogP contribution in [0, 0.1) is 5.82 Å². The van der Waals surface area contributed by atoms with Gasteiger partial charge in [-0.15, -0.1) is 0 Å². The van der Waals surface area contributed by atoms with E-state index in [1.165, 1.54) is 18.2 Å². The molecule has 26 heavy (non-hydrogen) atoms. The fraction of sp³-hybridized carbons (Fsp3) is 0.250. The number of hydrogen-bond donors (Lipinski definition) is 4. The molecule has 0 amide bonds. The van der Waals surface area contributed by atoms with Crippen LogP contribution in [0.15, 0.2) is 32.5 Å². The van der Waals surface area contributed by atoms with Crippen LogP contribution in [0.3, 0.4) is 0 Å². The number of anilines is 2. The molecule has 2 aromatic rings. The first kappa shape index (κ1) is 20.0. The van der Waals surface area contributed by atoms with E-state index in [0.29, 0.717) is 5.69 Å². The predicted octanol–water partition coefficient (Wildman–Crippen LogP) is 1.11. The maximum Gasteiger partial charge on any atom is 0.225 e. The van der Waals surface area contributed by atoms with Crippen molar-refractivity contribution in [3.05, 3.63) is 34.2 Å². The van der Waals surface area contributed by atoms with E-state index >= 15 is 0 Å². The highest BCUT2D eigenvalue weighted by molar-refractivity contribution is 9.10. The fourth-order valence-electron chi connectivity index (χ4n) is 1.65. The third-order valence-electron chi connectivity index (χ3n) is 2.73. The molecular weight excluding hydrogens is 439 g/mol. The van der Waals surface area contributed by atoms with Crippen molar-refractivity contribution in [1.82, 2.24) is 15.0 Å². The molecule has 0 saturated carbocycles. The van der Waals surface area contributed by atoms with Crippen molar-refractivity contribution in [1.29, 1.82) is 0 Å². The molecule has 0 spiro atoms. The van der Waals surface area contributed by atoms with Crippen molar-refractivity contribution in [2.45, 2.75) is 0 Å². The second-order valence-corrected chi connectivity index (χ2v) is 7.47. The first-order valence-corrected chi connectivity index (χ1v) is 9.58. The molecule has 0 unspecified atom stereocenters. The van der Waals surface area contributed by atoms with Crippen molar-refractivity contribution in [3.8, 4) is 0 Å². The van der Waals surface area contributed by atoms with Gasteiger partial charge in [0.15, 0.2) is 5.69 Å². The summed E-state index contributed by atoms with van der Waals surface area (Å²) in [6.45, 7) is -0.00143. The molecule has 1 aromatic heterocycles. The Balaban J connectivity index is 1.99. The molecule has 1 aromatic carbocycles. The molecule has 4 N–H and O–H groups in total. The minimum Gasteiger partial charge on any atom is -0.409 e. The molecule has 0 saturated heterocycles. The summed E-state index contributed by atoms with van der Waals surface area (Å²) < 4.78 is 42.1. The Morgan fingerprint density at radius 1 is 1.46 bits per heavy atom. The van der Waals surface area contributed by atoms with Gasteiger partial charge in [0.2, 0.25) is 21.7 Å². The molecule has 0 fully saturated rings. The van der Waals surface area contributed by atoms with E-state index in [0.717, 1.165) is 6.26 Å². The maximum absolute atomic E-state index is 13.3. The van der Waals surface area contributed by atoms with Crippen LogP contribution in [0.25, 0.3) is 0 Å². The highest BCUT2D eigenvalue weighted by Crippen LogP contribution is 2.21. The number of halogens is 2. The van der Waals surface area contributed by atoms with Crippen LogP contribution >= 0.6 is 15.9 Å². The zero-order chi connectivity index (χ0) is 19.2. The van der Waals surface area contributed by atoms with Crippen molar-refractivity contribution in [3.63, 3.8) is 0 Å². The molecule has 1 heterocycles. The average molecular weight is 453 g/mol. The van der Waals surface area contributed by atoms with Crippen LogP contribution < -0.4 is 15.5 Å². The Bertz CT molecular complexity index is 890. The zero-order valence-electron chi connectivity index (χ0n) is 13.2. The lowest BCUT2D eigenvalue weighted by molar-refractivity contribution is 0.195. The topological polar surface area (TPSA) is 151 Å². The Kier molecular flexibility index (Phi) is 6.84. The Morgan fingerprint density at radius 2 is 2.23 bits per heavy atom. The third kappa shape index (κ3) is 5.91. The van der Waals surface area contributed by atoms with Gasteiger partial charge in [-0.05, 0) is 44.4 Å². The Labute approximate surface area is 155 Å². The Hall–Kier alpha value is -2.29. The quantitative estimate of drug-likeness (QED) is 0.152. The summed E-state index contributed by atoms with van der Waals surface area (Å²) in [4.78, 5) is 5.03. The number of aromatic nitrogens is 2. The standard InChI is InChI=1S/C12H14BrFN6O5S/c1-26(22,23)15-4-5-24-19-12-10(18-25-20-12)11(17-21)16-7-2-3-9(14)8(13)6-7/h2-3,6,15,21H,4-5H2,1H3,(H,16,17)(H,19,20). The fourth-order valence-corrected chi connectivity index (χ4v) is 2.48. The number of amidine groups is 1. The highest BCUT2D eigenvalue weighted by atomic mass is 79.9. The molecule has 0 aliphatic carbocycles. The number of rotatable bonds is 8. The van der Waals surface area contributed by atoms with Crippen LogP contribution in [-0.2, 0) is 14.9 Å². The minimum absolute atomic E-state index is 0.0224.